The first kappa shape index (κ1) is 15.5. The van der Waals surface area contributed by atoms with E-state index >= 15 is 0 Å². The molecular formula is C16H21NO4. The number of hydrogen-bond acceptors (Lipinski definition) is 3. The van der Waals surface area contributed by atoms with E-state index in [9.17, 15) is 14.7 Å². The fraction of sp³-hybridized carbons (Fsp3) is 0.500. The van der Waals surface area contributed by atoms with Crippen molar-refractivity contribution in [1.29, 1.82) is 0 Å². The smallest absolute Gasteiger partial charge is 0.326 e. The van der Waals surface area contributed by atoms with Crippen LogP contribution in [0.25, 0.3) is 0 Å². The lowest BCUT2D eigenvalue weighted by Gasteiger charge is -2.27. The van der Waals surface area contributed by atoms with E-state index in [2.05, 4.69) is 5.32 Å². The molecule has 1 heterocycles. The van der Waals surface area contributed by atoms with Crippen molar-refractivity contribution in [1.82, 2.24) is 5.32 Å². The second kappa shape index (κ2) is 6.72. The van der Waals surface area contributed by atoms with Crippen LogP contribution >= 0.6 is 0 Å². The summed E-state index contributed by atoms with van der Waals surface area (Å²) in [7, 11) is 0. The van der Waals surface area contributed by atoms with Gasteiger partial charge in [0.15, 0.2) is 6.10 Å². The zero-order chi connectivity index (χ0) is 15.4. The van der Waals surface area contributed by atoms with Crippen molar-refractivity contribution in [3.05, 3.63) is 35.4 Å². The highest BCUT2D eigenvalue weighted by molar-refractivity contribution is 5.87. The van der Waals surface area contributed by atoms with Crippen molar-refractivity contribution in [2.75, 3.05) is 6.61 Å². The Kier molecular flexibility index (Phi) is 4.96. The van der Waals surface area contributed by atoms with Crippen LogP contribution in [0.1, 0.15) is 37.5 Å². The summed E-state index contributed by atoms with van der Waals surface area (Å²) in [6.45, 7) is 4.18. The Balaban J connectivity index is 2.15. The number of ether oxygens (including phenoxy) is 1. The molecule has 0 radical (unpaired) electrons. The van der Waals surface area contributed by atoms with Gasteiger partial charge in [-0.3, -0.25) is 4.79 Å². The molecule has 0 saturated heterocycles. The van der Waals surface area contributed by atoms with Gasteiger partial charge in [-0.1, -0.05) is 44.5 Å². The van der Waals surface area contributed by atoms with E-state index in [1.54, 1.807) is 0 Å². The molecule has 5 nitrogen and oxygen atoms in total. The van der Waals surface area contributed by atoms with Crippen LogP contribution in [0.2, 0.25) is 0 Å². The Hall–Kier alpha value is -1.88. The Labute approximate surface area is 124 Å². The van der Waals surface area contributed by atoms with E-state index in [-0.39, 0.29) is 11.8 Å². The van der Waals surface area contributed by atoms with Crippen molar-refractivity contribution in [3.8, 4) is 0 Å². The Morgan fingerprint density at radius 3 is 2.81 bits per heavy atom. The Morgan fingerprint density at radius 2 is 2.14 bits per heavy atom. The molecule has 0 bridgehead atoms. The number of carboxylic acids is 1. The molecule has 1 aliphatic heterocycles. The van der Waals surface area contributed by atoms with Gasteiger partial charge in [0.1, 0.15) is 6.04 Å². The molecule has 5 heteroatoms. The molecular weight excluding hydrogens is 270 g/mol. The quantitative estimate of drug-likeness (QED) is 0.869. The van der Waals surface area contributed by atoms with Crippen LogP contribution in [0.3, 0.4) is 0 Å². The van der Waals surface area contributed by atoms with Gasteiger partial charge in [0, 0.05) is 0 Å². The van der Waals surface area contributed by atoms with E-state index in [1.807, 2.05) is 38.1 Å². The highest BCUT2D eigenvalue weighted by Gasteiger charge is 2.32. The van der Waals surface area contributed by atoms with E-state index in [0.717, 1.165) is 17.5 Å². The molecule has 1 aromatic rings. The summed E-state index contributed by atoms with van der Waals surface area (Å²) in [5, 5.41) is 11.9. The maximum atomic E-state index is 12.4. The molecule has 0 aromatic heterocycles. The molecule has 1 aliphatic rings. The van der Waals surface area contributed by atoms with E-state index in [4.69, 9.17) is 4.74 Å². The van der Waals surface area contributed by atoms with Crippen molar-refractivity contribution >= 4 is 11.9 Å². The van der Waals surface area contributed by atoms with Gasteiger partial charge in [-0.05, 0) is 23.5 Å². The van der Waals surface area contributed by atoms with Crippen LogP contribution in [0, 0.1) is 5.92 Å². The van der Waals surface area contributed by atoms with E-state index in [0.29, 0.717) is 13.0 Å². The van der Waals surface area contributed by atoms with Gasteiger partial charge in [-0.2, -0.15) is 0 Å². The molecule has 3 unspecified atom stereocenters. The molecule has 2 N–H and O–H groups in total. The molecule has 0 aliphatic carbocycles. The fourth-order valence-corrected chi connectivity index (χ4v) is 2.52. The second-order valence-electron chi connectivity index (χ2n) is 5.41. The zero-order valence-electron chi connectivity index (χ0n) is 12.3. The zero-order valence-corrected chi connectivity index (χ0v) is 12.3. The van der Waals surface area contributed by atoms with Crippen LogP contribution in [0.5, 0.6) is 0 Å². The highest BCUT2D eigenvalue weighted by Crippen LogP contribution is 2.27. The number of amides is 1. The standard InChI is InChI=1S/C16H21NO4/c1-3-10(2)13(16(19)20)17-15(18)14-12-7-5-4-6-11(12)8-9-21-14/h4-7,10,13-14H,3,8-9H2,1-2H3,(H,17,18)(H,19,20). The summed E-state index contributed by atoms with van der Waals surface area (Å²) < 4.78 is 5.56. The molecule has 0 fully saturated rings. The number of fused-ring (bicyclic) bond motifs is 1. The first-order valence-electron chi connectivity index (χ1n) is 7.27. The minimum atomic E-state index is -1.01. The molecule has 0 saturated carbocycles. The van der Waals surface area contributed by atoms with Crippen LogP contribution in [0.4, 0.5) is 0 Å². The Morgan fingerprint density at radius 1 is 1.43 bits per heavy atom. The number of carboxylic acid groups (broad SMARTS) is 1. The number of carbonyl (C=O) groups is 2. The SMILES string of the molecule is CCC(C)C(NC(=O)C1OCCc2ccccc21)C(=O)O. The van der Waals surface area contributed by atoms with Crippen LogP contribution in [0.15, 0.2) is 24.3 Å². The van der Waals surface area contributed by atoms with Crippen molar-refractivity contribution in [2.45, 2.75) is 38.8 Å². The minimum absolute atomic E-state index is 0.134. The lowest BCUT2D eigenvalue weighted by molar-refractivity contribution is -0.146. The van der Waals surface area contributed by atoms with Gasteiger partial charge in [0.05, 0.1) is 6.61 Å². The predicted molar refractivity (Wildman–Crippen MR) is 77.9 cm³/mol. The molecule has 2 rings (SSSR count). The third-order valence-corrected chi connectivity index (χ3v) is 4.01. The molecule has 21 heavy (non-hydrogen) atoms. The number of aliphatic carboxylic acids is 1. The van der Waals surface area contributed by atoms with Crippen molar-refractivity contribution < 1.29 is 19.4 Å². The summed E-state index contributed by atoms with van der Waals surface area (Å²) in [4.78, 5) is 23.7. The van der Waals surface area contributed by atoms with E-state index in [1.165, 1.54) is 0 Å². The maximum Gasteiger partial charge on any atom is 0.326 e. The molecule has 3 atom stereocenters. The normalized spacial score (nSPS) is 20.2. The predicted octanol–water partition coefficient (Wildman–Crippen LogP) is 1.92. The van der Waals surface area contributed by atoms with Crippen molar-refractivity contribution in [3.63, 3.8) is 0 Å². The number of carbonyl (C=O) groups excluding carboxylic acids is 1. The number of benzene rings is 1. The Bertz CT molecular complexity index is 529. The van der Waals surface area contributed by atoms with Gasteiger partial charge in [-0.15, -0.1) is 0 Å². The average Bonchev–Trinajstić information content (AvgIpc) is 2.50. The summed E-state index contributed by atoms with van der Waals surface area (Å²) in [6.07, 6.45) is 0.730. The fourth-order valence-electron chi connectivity index (χ4n) is 2.52. The van der Waals surface area contributed by atoms with Crippen LogP contribution < -0.4 is 5.32 Å². The largest absolute Gasteiger partial charge is 0.480 e. The maximum absolute atomic E-state index is 12.4. The topological polar surface area (TPSA) is 75.6 Å². The van der Waals surface area contributed by atoms with E-state index < -0.39 is 18.1 Å². The first-order chi connectivity index (χ1) is 10.0. The van der Waals surface area contributed by atoms with Gasteiger partial charge >= 0.3 is 5.97 Å². The third-order valence-electron chi connectivity index (χ3n) is 4.01. The summed E-state index contributed by atoms with van der Waals surface area (Å²) in [6, 6.07) is 6.73. The summed E-state index contributed by atoms with van der Waals surface area (Å²) >= 11 is 0. The van der Waals surface area contributed by atoms with Gasteiger partial charge in [-0.25, -0.2) is 4.79 Å². The molecule has 1 aromatic carbocycles. The van der Waals surface area contributed by atoms with Crippen LogP contribution in [-0.2, 0) is 20.7 Å². The van der Waals surface area contributed by atoms with Crippen LogP contribution in [-0.4, -0.2) is 29.6 Å². The summed E-state index contributed by atoms with van der Waals surface area (Å²) in [5.41, 5.74) is 1.91. The number of hydrogen-bond donors (Lipinski definition) is 2. The second-order valence-corrected chi connectivity index (χ2v) is 5.41. The third kappa shape index (κ3) is 3.42. The van der Waals surface area contributed by atoms with Crippen molar-refractivity contribution in [2.24, 2.45) is 5.92 Å². The number of nitrogens with one attached hydrogen (secondary N) is 1. The number of rotatable bonds is 5. The lowest BCUT2D eigenvalue weighted by Crippen LogP contribution is -2.47. The van der Waals surface area contributed by atoms with Gasteiger partial charge in [0.25, 0.3) is 5.91 Å². The average molecular weight is 291 g/mol. The minimum Gasteiger partial charge on any atom is -0.480 e. The van der Waals surface area contributed by atoms with Gasteiger partial charge < -0.3 is 15.2 Å². The molecule has 0 spiro atoms. The lowest BCUT2D eigenvalue weighted by atomic mass is 9.95. The molecule has 1 amide bonds. The highest BCUT2D eigenvalue weighted by atomic mass is 16.5. The molecule has 114 valence electrons. The monoisotopic (exact) mass is 291 g/mol. The summed E-state index contributed by atoms with van der Waals surface area (Å²) in [5.74, 6) is -1.53. The first-order valence-corrected chi connectivity index (χ1v) is 7.27. The van der Waals surface area contributed by atoms with Gasteiger partial charge in [0.2, 0.25) is 0 Å².